The number of nitrogens with one attached hydrogen (secondary N) is 1. The van der Waals surface area contributed by atoms with E-state index in [9.17, 15) is 4.79 Å². The predicted molar refractivity (Wildman–Crippen MR) is 65.9 cm³/mol. The molecule has 4 nitrogen and oxygen atoms in total. The van der Waals surface area contributed by atoms with Gasteiger partial charge in [-0.1, -0.05) is 39.0 Å². The van der Waals surface area contributed by atoms with Gasteiger partial charge in [0.2, 0.25) is 9.47 Å². The van der Waals surface area contributed by atoms with Crippen LogP contribution in [0.15, 0.2) is 0 Å². The summed E-state index contributed by atoms with van der Waals surface area (Å²) in [5.74, 6) is 0.181. The molecule has 0 aliphatic carbocycles. The van der Waals surface area contributed by atoms with Crippen molar-refractivity contribution in [2.75, 3.05) is 6.54 Å². The summed E-state index contributed by atoms with van der Waals surface area (Å²) < 4.78 is 0.286. The number of amides is 1. The van der Waals surface area contributed by atoms with Crippen LogP contribution in [0.3, 0.4) is 0 Å². The second-order valence-corrected chi connectivity index (χ2v) is 6.40. The summed E-state index contributed by atoms with van der Waals surface area (Å²) >= 11 is 6.69. The molecular weight excluding hydrogens is 246 g/mol. The van der Waals surface area contributed by atoms with Gasteiger partial charge in [0.05, 0.1) is 0 Å². The van der Waals surface area contributed by atoms with E-state index in [2.05, 4.69) is 43.2 Å². The minimum Gasteiger partial charge on any atom is -0.350 e. The summed E-state index contributed by atoms with van der Waals surface area (Å²) in [6.07, 6.45) is 0. The maximum atomic E-state index is 11.6. The van der Waals surface area contributed by atoms with Gasteiger partial charge in [-0.2, -0.15) is 0 Å². The molecule has 1 atom stereocenters. The van der Waals surface area contributed by atoms with E-state index in [-0.39, 0.29) is 15.8 Å². The Morgan fingerprint density at radius 1 is 1.50 bits per heavy atom. The minimum atomic E-state index is -0.208. The molecule has 90 valence electrons. The van der Waals surface area contributed by atoms with Gasteiger partial charge < -0.3 is 5.32 Å². The number of nitrogens with zero attached hydrogens (tertiary/aromatic N) is 2. The summed E-state index contributed by atoms with van der Waals surface area (Å²) in [5.41, 5.74) is 0.173. The molecule has 16 heavy (non-hydrogen) atoms. The van der Waals surface area contributed by atoms with Gasteiger partial charge in [-0.25, -0.2) is 0 Å². The Balaban J connectivity index is 2.48. The highest BCUT2D eigenvalue weighted by atomic mass is 35.5. The van der Waals surface area contributed by atoms with Crippen molar-refractivity contribution < 1.29 is 4.79 Å². The Kier molecular flexibility index (Phi) is 4.27. The highest BCUT2D eigenvalue weighted by Gasteiger charge is 2.21. The Bertz CT molecular complexity index is 372. The topological polar surface area (TPSA) is 54.9 Å². The van der Waals surface area contributed by atoms with Crippen LogP contribution in [-0.2, 0) is 0 Å². The van der Waals surface area contributed by atoms with Crippen molar-refractivity contribution in [3.63, 3.8) is 0 Å². The molecule has 0 saturated carbocycles. The van der Waals surface area contributed by atoms with Crippen LogP contribution in [0, 0.1) is 11.3 Å². The summed E-state index contributed by atoms with van der Waals surface area (Å²) in [6.45, 7) is 9.16. The maximum Gasteiger partial charge on any atom is 0.282 e. The normalized spacial score (nSPS) is 13.6. The molecule has 1 rings (SSSR count). The van der Waals surface area contributed by atoms with E-state index in [0.29, 0.717) is 17.5 Å². The van der Waals surface area contributed by atoms with Gasteiger partial charge in [-0.05, 0) is 22.9 Å². The van der Waals surface area contributed by atoms with Gasteiger partial charge >= 0.3 is 0 Å². The van der Waals surface area contributed by atoms with Crippen molar-refractivity contribution in [1.82, 2.24) is 15.5 Å². The number of rotatable bonds is 3. The number of hydrogen-bond donors (Lipinski definition) is 1. The molecule has 1 heterocycles. The molecule has 0 aliphatic heterocycles. The standard InChI is InChI=1S/C10H16ClN3OS/c1-6(10(2,3)4)5-12-7(15)8-13-14-9(11)16-8/h6H,5H2,1-4H3,(H,12,15). The van der Waals surface area contributed by atoms with Gasteiger partial charge in [0.15, 0.2) is 0 Å². The van der Waals surface area contributed by atoms with Gasteiger partial charge in [0.25, 0.3) is 5.91 Å². The van der Waals surface area contributed by atoms with Crippen LogP contribution < -0.4 is 5.32 Å². The van der Waals surface area contributed by atoms with Crippen molar-refractivity contribution in [3.05, 3.63) is 9.47 Å². The Labute approximate surface area is 104 Å². The zero-order valence-corrected chi connectivity index (χ0v) is 11.4. The molecule has 0 aliphatic rings. The molecule has 6 heteroatoms. The first-order valence-corrected chi connectivity index (χ1v) is 6.27. The Morgan fingerprint density at radius 3 is 2.56 bits per heavy atom. The lowest BCUT2D eigenvalue weighted by atomic mass is 9.82. The molecule has 0 aromatic carbocycles. The average Bonchev–Trinajstić information content (AvgIpc) is 2.59. The molecule has 1 aromatic rings. The summed E-state index contributed by atoms with van der Waals surface area (Å²) in [7, 11) is 0. The van der Waals surface area contributed by atoms with Crippen LogP contribution >= 0.6 is 22.9 Å². The fourth-order valence-corrected chi connectivity index (χ4v) is 1.67. The third-order valence-electron chi connectivity index (χ3n) is 2.64. The van der Waals surface area contributed by atoms with E-state index in [0.717, 1.165) is 11.3 Å². The van der Waals surface area contributed by atoms with E-state index in [4.69, 9.17) is 11.6 Å². The highest BCUT2D eigenvalue weighted by Crippen LogP contribution is 2.24. The molecule has 0 spiro atoms. The third kappa shape index (κ3) is 3.72. The molecule has 0 saturated heterocycles. The number of hydrogen-bond acceptors (Lipinski definition) is 4. The van der Waals surface area contributed by atoms with Crippen LogP contribution in [0.4, 0.5) is 0 Å². The smallest absolute Gasteiger partial charge is 0.282 e. The molecule has 1 aromatic heterocycles. The summed E-state index contributed by atoms with van der Waals surface area (Å²) in [4.78, 5) is 11.6. The lowest BCUT2D eigenvalue weighted by Crippen LogP contribution is -2.33. The summed E-state index contributed by atoms with van der Waals surface area (Å²) in [6, 6.07) is 0. The van der Waals surface area contributed by atoms with E-state index in [1.807, 2.05) is 0 Å². The lowest BCUT2D eigenvalue weighted by Gasteiger charge is -2.27. The molecule has 1 unspecified atom stereocenters. The first kappa shape index (κ1) is 13.4. The zero-order chi connectivity index (χ0) is 12.3. The third-order valence-corrected chi connectivity index (χ3v) is 3.66. The second kappa shape index (κ2) is 5.10. The summed E-state index contributed by atoms with van der Waals surface area (Å²) in [5, 5.41) is 10.4. The van der Waals surface area contributed by atoms with E-state index in [1.165, 1.54) is 0 Å². The molecule has 1 amide bonds. The fourth-order valence-electron chi connectivity index (χ4n) is 0.925. The average molecular weight is 262 g/mol. The van der Waals surface area contributed by atoms with Crippen molar-refractivity contribution in [2.24, 2.45) is 11.3 Å². The first-order chi connectivity index (χ1) is 7.30. The van der Waals surface area contributed by atoms with Gasteiger partial charge in [-0.15, -0.1) is 10.2 Å². The van der Waals surface area contributed by atoms with Crippen LogP contribution in [0.1, 0.15) is 37.5 Å². The van der Waals surface area contributed by atoms with Crippen molar-refractivity contribution in [1.29, 1.82) is 0 Å². The number of halogens is 1. The van der Waals surface area contributed by atoms with Crippen LogP contribution in [0.25, 0.3) is 0 Å². The van der Waals surface area contributed by atoms with Gasteiger partial charge in [-0.3, -0.25) is 4.79 Å². The van der Waals surface area contributed by atoms with Gasteiger partial charge in [0, 0.05) is 6.54 Å². The van der Waals surface area contributed by atoms with E-state index >= 15 is 0 Å². The lowest BCUT2D eigenvalue weighted by molar-refractivity contribution is 0.0936. The van der Waals surface area contributed by atoms with Gasteiger partial charge in [0.1, 0.15) is 0 Å². The molecule has 0 fully saturated rings. The van der Waals surface area contributed by atoms with E-state index in [1.54, 1.807) is 0 Å². The largest absolute Gasteiger partial charge is 0.350 e. The van der Waals surface area contributed by atoms with Crippen LogP contribution in [0.2, 0.25) is 4.47 Å². The molecule has 1 N–H and O–H groups in total. The molecule has 0 radical (unpaired) electrons. The first-order valence-electron chi connectivity index (χ1n) is 5.08. The predicted octanol–water partition coefficient (Wildman–Crippen LogP) is 2.60. The Hall–Kier alpha value is -0.680. The Morgan fingerprint density at radius 2 is 2.12 bits per heavy atom. The highest BCUT2D eigenvalue weighted by molar-refractivity contribution is 7.17. The minimum absolute atomic E-state index is 0.173. The monoisotopic (exact) mass is 261 g/mol. The number of aromatic nitrogens is 2. The quantitative estimate of drug-likeness (QED) is 0.910. The second-order valence-electron chi connectivity index (χ2n) is 4.84. The number of carbonyl (C=O) groups excluding carboxylic acids is 1. The van der Waals surface area contributed by atoms with Crippen LogP contribution in [-0.4, -0.2) is 22.6 Å². The zero-order valence-electron chi connectivity index (χ0n) is 9.87. The molecular formula is C10H16ClN3OS. The maximum absolute atomic E-state index is 11.6. The van der Waals surface area contributed by atoms with Crippen molar-refractivity contribution in [3.8, 4) is 0 Å². The van der Waals surface area contributed by atoms with Crippen molar-refractivity contribution >= 4 is 28.8 Å². The fraction of sp³-hybridized carbons (Fsp3) is 0.700. The number of carbonyl (C=O) groups is 1. The SMILES string of the molecule is CC(CNC(=O)c1nnc(Cl)s1)C(C)(C)C. The van der Waals surface area contributed by atoms with Crippen LogP contribution in [0.5, 0.6) is 0 Å². The molecule has 0 bridgehead atoms. The van der Waals surface area contributed by atoms with Crippen molar-refractivity contribution in [2.45, 2.75) is 27.7 Å². The van der Waals surface area contributed by atoms with E-state index < -0.39 is 0 Å².